The summed E-state index contributed by atoms with van der Waals surface area (Å²) in [5.74, 6) is 0. The Kier molecular flexibility index (Phi) is 2.97. The number of pyridine rings is 1. The highest BCUT2D eigenvalue weighted by molar-refractivity contribution is 5.12. The first-order chi connectivity index (χ1) is 5.38. The van der Waals surface area contributed by atoms with Crippen molar-refractivity contribution in [1.29, 1.82) is 0 Å². The third kappa shape index (κ3) is 1.98. The summed E-state index contributed by atoms with van der Waals surface area (Å²) in [4.78, 5) is 3.84. The Labute approximate surface area is 64.5 Å². The minimum atomic E-state index is -0.441. The fraction of sp³-hybridized carbons (Fsp3) is 0.286. The van der Waals surface area contributed by atoms with Crippen LogP contribution in [0.25, 0.3) is 0 Å². The van der Waals surface area contributed by atoms with Crippen molar-refractivity contribution in [3.05, 3.63) is 30.1 Å². The van der Waals surface area contributed by atoms with Gasteiger partial charge in [0.15, 0.2) is 0 Å². The van der Waals surface area contributed by atoms with Crippen molar-refractivity contribution in [3.63, 3.8) is 0 Å². The number of aliphatic hydroxyl groups is 1. The highest BCUT2D eigenvalue weighted by Crippen LogP contribution is 2.08. The zero-order valence-electron chi connectivity index (χ0n) is 5.94. The zero-order chi connectivity index (χ0) is 8.10. The molecule has 3 N–H and O–H groups in total. The minimum Gasteiger partial charge on any atom is -0.394 e. The lowest BCUT2D eigenvalue weighted by molar-refractivity contribution is 0.0904. The molecule has 0 saturated carbocycles. The van der Waals surface area contributed by atoms with E-state index in [9.17, 15) is 0 Å². The van der Waals surface area contributed by atoms with E-state index in [1.807, 2.05) is 5.48 Å². The fourth-order valence-electron chi connectivity index (χ4n) is 0.803. The molecule has 0 amide bonds. The van der Waals surface area contributed by atoms with Gasteiger partial charge in [0.05, 0.1) is 12.6 Å². The predicted molar refractivity (Wildman–Crippen MR) is 39.0 cm³/mol. The van der Waals surface area contributed by atoms with Gasteiger partial charge in [0, 0.05) is 12.4 Å². The van der Waals surface area contributed by atoms with Gasteiger partial charge in [-0.25, -0.2) is 0 Å². The van der Waals surface area contributed by atoms with Crippen molar-refractivity contribution in [1.82, 2.24) is 10.5 Å². The molecule has 1 unspecified atom stereocenters. The normalized spacial score (nSPS) is 12.9. The van der Waals surface area contributed by atoms with Crippen LogP contribution in [0.15, 0.2) is 24.5 Å². The van der Waals surface area contributed by atoms with Crippen LogP contribution in [0.1, 0.15) is 11.6 Å². The maximum absolute atomic E-state index is 8.73. The number of nitrogens with zero attached hydrogens (tertiary/aromatic N) is 1. The molecule has 1 rings (SSSR count). The number of rotatable bonds is 3. The van der Waals surface area contributed by atoms with E-state index in [1.165, 1.54) is 0 Å². The molecule has 0 spiro atoms. The standard InChI is InChI=1S/C7H10N2O2/c10-5-7(9-11)6-2-1-3-8-4-6/h1-4,7,9-11H,5H2. The molecular weight excluding hydrogens is 144 g/mol. The number of hydroxylamine groups is 1. The summed E-state index contributed by atoms with van der Waals surface area (Å²) < 4.78 is 0. The summed E-state index contributed by atoms with van der Waals surface area (Å²) in [6, 6.07) is 3.08. The Morgan fingerprint density at radius 1 is 1.64 bits per heavy atom. The lowest BCUT2D eigenvalue weighted by Gasteiger charge is -2.10. The monoisotopic (exact) mass is 154 g/mol. The summed E-state index contributed by atoms with van der Waals surface area (Å²) >= 11 is 0. The molecule has 0 bridgehead atoms. The molecule has 4 heteroatoms. The molecule has 0 saturated heterocycles. The van der Waals surface area contributed by atoms with E-state index < -0.39 is 6.04 Å². The lowest BCUT2D eigenvalue weighted by Crippen LogP contribution is -2.20. The Morgan fingerprint density at radius 3 is 2.91 bits per heavy atom. The summed E-state index contributed by atoms with van der Waals surface area (Å²) in [6.45, 7) is -0.151. The van der Waals surface area contributed by atoms with E-state index in [-0.39, 0.29) is 6.61 Å². The number of aliphatic hydroxyl groups excluding tert-OH is 1. The van der Waals surface area contributed by atoms with Gasteiger partial charge in [-0.05, 0) is 11.6 Å². The molecule has 0 aliphatic heterocycles. The van der Waals surface area contributed by atoms with Crippen molar-refractivity contribution in [2.24, 2.45) is 0 Å². The van der Waals surface area contributed by atoms with Crippen molar-refractivity contribution in [2.45, 2.75) is 6.04 Å². The average molecular weight is 154 g/mol. The van der Waals surface area contributed by atoms with Gasteiger partial charge in [-0.2, -0.15) is 5.48 Å². The van der Waals surface area contributed by atoms with Gasteiger partial charge >= 0.3 is 0 Å². The van der Waals surface area contributed by atoms with Crippen LogP contribution in [0.5, 0.6) is 0 Å². The Bertz CT molecular complexity index is 199. The van der Waals surface area contributed by atoms with Gasteiger partial charge < -0.3 is 10.3 Å². The number of nitrogens with one attached hydrogen (secondary N) is 1. The minimum absolute atomic E-state index is 0.151. The molecule has 0 radical (unpaired) electrons. The molecule has 1 aromatic heterocycles. The molecule has 60 valence electrons. The third-order valence-electron chi connectivity index (χ3n) is 1.43. The average Bonchev–Trinajstić information content (AvgIpc) is 2.09. The van der Waals surface area contributed by atoms with Gasteiger partial charge in [0.25, 0.3) is 0 Å². The van der Waals surface area contributed by atoms with Crippen LogP contribution in [0.3, 0.4) is 0 Å². The maximum Gasteiger partial charge on any atom is 0.0814 e. The van der Waals surface area contributed by atoms with Crippen molar-refractivity contribution in [3.8, 4) is 0 Å². The third-order valence-corrected chi connectivity index (χ3v) is 1.43. The Balaban J connectivity index is 2.74. The fourth-order valence-corrected chi connectivity index (χ4v) is 0.803. The van der Waals surface area contributed by atoms with Crippen LogP contribution in [-0.2, 0) is 0 Å². The molecule has 11 heavy (non-hydrogen) atoms. The topological polar surface area (TPSA) is 65.4 Å². The summed E-state index contributed by atoms with van der Waals surface area (Å²) in [5, 5.41) is 17.3. The van der Waals surface area contributed by atoms with E-state index in [4.69, 9.17) is 10.3 Å². The van der Waals surface area contributed by atoms with Crippen LogP contribution >= 0.6 is 0 Å². The van der Waals surface area contributed by atoms with E-state index in [0.29, 0.717) is 0 Å². The van der Waals surface area contributed by atoms with Crippen LogP contribution in [0, 0.1) is 0 Å². The first-order valence-corrected chi connectivity index (χ1v) is 3.29. The molecular formula is C7H10N2O2. The summed E-state index contributed by atoms with van der Waals surface area (Å²) in [6.07, 6.45) is 3.22. The van der Waals surface area contributed by atoms with Crippen LogP contribution in [0.4, 0.5) is 0 Å². The van der Waals surface area contributed by atoms with Gasteiger partial charge in [-0.3, -0.25) is 4.98 Å². The largest absolute Gasteiger partial charge is 0.394 e. The molecule has 4 nitrogen and oxygen atoms in total. The van der Waals surface area contributed by atoms with Gasteiger partial charge in [0.1, 0.15) is 0 Å². The van der Waals surface area contributed by atoms with Crippen LogP contribution in [-0.4, -0.2) is 21.9 Å². The molecule has 0 aliphatic rings. The van der Waals surface area contributed by atoms with Gasteiger partial charge in [-0.15, -0.1) is 0 Å². The number of hydrogen-bond donors (Lipinski definition) is 3. The molecule has 0 aromatic carbocycles. The second-order valence-electron chi connectivity index (χ2n) is 2.15. The van der Waals surface area contributed by atoms with Gasteiger partial charge in [-0.1, -0.05) is 6.07 Å². The van der Waals surface area contributed by atoms with E-state index in [1.54, 1.807) is 24.5 Å². The molecule has 1 heterocycles. The van der Waals surface area contributed by atoms with E-state index in [0.717, 1.165) is 5.56 Å². The molecule has 1 aromatic rings. The molecule has 1 atom stereocenters. The van der Waals surface area contributed by atoms with Crippen LogP contribution in [0.2, 0.25) is 0 Å². The first kappa shape index (κ1) is 8.13. The number of aromatic nitrogens is 1. The van der Waals surface area contributed by atoms with Crippen molar-refractivity contribution < 1.29 is 10.3 Å². The van der Waals surface area contributed by atoms with Crippen LogP contribution < -0.4 is 5.48 Å². The maximum atomic E-state index is 8.73. The molecule has 0 fully saturated rings. The van der Waals surface area contributed by atoms with E-state index in [2.05, 4.69) is 4.98 Å². The van der Waals surface area contributed by atoms with Crippen molar-refractivity contribution in [2.75, 3.05) is 6.61 Å². The zero-order valence-corrected chi connectivity index (χ0v) is 5.94. The summed E-state index contributed by atoms with van der Waals surface area (Å²) in [7, 11) is 0. The first-order valence-electron chi connectivity index (χ1n) is 3.29. The second kappa shape index (κ2) is 4.02. The highest BCUT2D eigenvalue weighted by atomic mass is 16.5. The van der Waals surface area contributed by atoms with Gasteiger partial charge in [0.2, 0.25) is 0 Å². The molecule has 0 aliphatic carbocycles. The van der Waals surface area contributed by atoms with Crippen molar-refractivity contribution >= 4 is 0 Å². The smallest absolute Gasteiger partial charge is 0.0814 e. The SMILES string of the molecule is OCC(NO)c1cccnc1. The summed E-state index contributed by atoms with van der Waals surface area (Å²) in [5.41, 5.74) is 2.74. The van der Waals surface area contributed by atoms with E-state index >= 15 is 0 Å². The quantitative estimate of drug-likeness (QED) is 0.540. The highest BCUT2D eigenvalue weighted by Gasteiger charge is 2.06. The predicted octanol–water partition coefficient (Wildman–Crippen LogP) is 0.0938. The Hall–Kier alpha value is -0.970. The lowest BCUT2D eigenvalue weighted by atomic mass is 10.1. The second-order valence-corrected chi connectivity index (χ2v) is 2.15. The number of hydrogen-bond acceptors (Lipinski definition) is 4. The Morgan fingerprint density at radius 2 is 2.45 bits per heavy atom.